The van der Waals surface area contributed by atoms with Gasteiger partial charge in [-0.1, -0.05) is 66.7 Å². The Balaban J connectivity index is 2.15. The SMILES string of the molecule is NC(=O)C(c1ccccc1)N(c1ccccc1)c1ccccc1. The number of amides is 1. The molecular formula is C20H18N2O. The lowest BCUT2D eigenvalue weighted by molar-refractivity contribution is -0.119. The second-order valence-electron chi connectivity index (χ2n) is 5.26. The van der Waals surface area contributed by atoms with E-state index in [0.717, 1.165) is 16.9 Å². The van der Waals surface area contributed by atoms with Crippen LogP contribution < -0.4 is 10.6 Å². The lowest BCUT2D eigenvalue weighted by Gasteiger charge is -2.32. The minimum atomic E-state index is -0.569. The molecule has 3 aromatic rings. The number of hydrogen-bond donors (Lipinski definition) is 1. The molecule has 0 spiro atoms. The third kappa shape index (κ3) is 3.24. The van der Waals surface area contributed by atoms with Crippen LogP contribution in [0.1, 0.15) is 11.6 Å². The van der Waals surface area contributed by atoms with Gasteiger partial charge in [0.2, 0.25) is 5.91 Å². The Morgan fingerprint density at radius 1 is 0.696 bits per heavy atom. The van der Waals surface area contributed by atoms with E-state index >= 15 is 0 Å². The molecule has 1 amide bonds. The van der Waals surface area contributed by atoms with E-state index in [-0.39, 0.29) is 5.91 Å². The summed E-state index contributed by atoms with van der Waals surface area (Å²) in [7, 11) is 0. The number of carbonyl (C=O) groups excluding carboxylic acids is 1. The molecule has 0 aromatic heterocycles. The molecule has 1 atom stereocenters. The lowest BCUT2D eigenvalue weighted by atomic mass is 10.0. The summed E-state index contributed by atoms with van der Waals surface area (Å²) in [5.74, 6) is -0.385. The van der Waals surface area contributed by atoms with Gasteiger partial charge in [0.25, 0.3) is 0 Å². The maximum Gasteiger partial charge on any atom is 0.245 e. The zero-order chi connectivity index (χ0) is 16.1. The molecule has 0 heterocycles. The van der Waals surface area contributed by atoms with Crippen LogP contribution in [0.25, 0.3) is 0 Å². The van der Waals surface area contributed by atoms with Crippen LogP contribution in [-0.2, 0) is 4.79 Å². The highest BCUT2D eigenvalue weighted by Gasteiger charge is 2.27. The lowest BCUT2D eigenvalue weighted by Crippen LogP contribution is -2.35. The summed E-state index contributed by atoms with van der Waals surface area (Å²) in [6, 6.07) is 28.7. The maximum absolute atomic E-state index is 12.3. The molecule has 1 unspecified atom stereocenters. The van der Waals surface area contributed by atoms with Crippen molar-refractivity contribution in [1.82, 2.24) is 0 Å². The van der Waals surface area contributed by atoms with E-state index in [4.69, 9.17) is 5.73 Å². The molecule has 0 saturated heterocycles. The van der Waals surface area contributed by atoms with Gasteiger partial charge in [0.1, 0.15) is 6.04 Å². The molecule has 3 nitrogen and oxygen atoms in total. The molecule has 0 radical (unpaired) electrons. The van der Waals surface area contributed by atoms with Gasteiger partial charge in [-0.15, -0.1) is 0 Å². The average Bonchev–Trinajstić information content (AvgIpc) is 2.61. The molecular weight excluding hydrogens is 284 g/mol. The van der Waals surface area contributed by atoms with Crippen molar-refractivity contribution in [3.63, 3.8) is 0 Å². The Morgan fingerprint density at radius 2 is 1.09 bits per heavy atom. The zero-order valence-electron chi connectivity index (χ0n) is 12.7. The van der Waals surface area contributed by atoms with E-state index in [1.807, 2.05) is 95.9 Å². The summed E-state index contributed by atoms with van der Waals surface area (Å²) >= 11 is 0. The van der Waals surface area contributed by atoms with Crippen LogP contribution in [-0.4, -0.2) is 5.91 Å². The molecule has 0 aliphatic heterocycles. The number of rotatable bonds is 5. The highest BCUT2D eigenvalue weighted by molar-refractivity contribution is 5.88. The van der Waals surface area contributed by atoms with E-state index in [1.54, 1.807) is 0 Å². The van der Waals surface area contributed by atoms with E-state index in [1.165, 1.54) is 0 Å². The molecule has 3 aromatic carbocycles. The third-order valence-corrected chi connectivity index (χ3v) is 3.71. The standard InChI is InChI=1S/C20H18N2O/c21-20(23)19(16-10-4-1-5-11-16)22(17-12-6-2-7-13-17)18-14-8-3-9-15-18/h1-15,19H,(H2,21,23). The number of hydrogen-bond acceptors (Lipinski definition) is 2. The van der Waals surface area contributed by atoms with Gasteiger partial charge >= 0.3 is 0 Å². The Hall–Kier alpha value is -3.07. The summed E-state index contributed by atoms with van der Waals surface area (Å²) in [6.45, 7) is 0. The Labute approximate surface area is 136 Å². The molecule has 3 heteroatoms. The molecule has 2 N–H and O–H groups in total. The van der Waals surface area contributed by atoms with Crippen molar-refractivity contribution in [2.75, 3.05) is 4.90 Å². The Kier molecular flexibility index (Phi) is 4.39. The van der Waals surface area contributed by atoms with Crippen molar-refractivity contribution in [3.05, 3.63) is 96.6 Å². The van der Waals surface area contributed by atoms with Crippen molar-refractivity contribution in [1.29, 1.82) is 0 Å². The number of benzene rings is 3. The quantitative estimate of drug-likeness (QED) is 0.773. The predicted molar refractivity (Wildman–Crippen MR) is 93.4 cm³/mol. The van der Waals surface area contributed by atoms with Crippen molar-refractivity contribution in [3.8, 4) is 0 Å². The summed E-state index contributed by atoms with van der Waals surface area (Å²) in [6.07, 6.45) is 0. The van der Waals surface area contributed by atoms with E-state index in [2.05, 4.69) is 0 Å². The van der Waals surface area contributed by atoms with Gasteiger partial charge in [0.15, 0.2) is 0 Å². The van der Waals surface area contributed by atoms with Crippen LogP contribution in [0.5, 0.6) is 0 Å². The van der Waals surface area contributed by atoms with Crippen LogP contribution in [0.4, 0.5) is 11.4 Å². The first-order valence-corrected chi connectivity index (χ1v) is 7.51. The zero-order valence-corrected chi connectivity index (χ0v) is 12.7. The van der Waals surface area contributed by atoms with E-state index in [9.17, 15) is 4.79 Å². The van der Waals surface area contributed by atoms with Gasteiger partial charge in [-0.3, -0.25) is 4.79 Å². The smallest absolute Gasteiger partial charge is 0.245 e. The fourth-order valence-electron chi connectivity index (χ4n) is 2.70. The van der Waals surface area contributed by atoms with Crippen molar-refractivity contribution in [2.45, 2.75) is 6.04 Å². The number of primary amides is 1. The Morgan fingerprint density at radius 3 is 1.48 bits per heavy atom. The summed E-state index contributed by atoms with van der Waals surface area (Å²) in [5.41, 5.74) is 8.48. The normalized spacial score (nSPS) is 11.7. The van der Waals surface area contributed by atoms with E-state index in [0.29, 0.717) is 0 Å². The Bertz CT molecular complexity index is 718. The van der Waals surface area contributed by atoms with Crippen LogP contribution in [0, 0.1) is 0 Å². The molecule has 114 valence electrons. The van der Waals surface area contributed by atoms with Crippen LogP contribution >= 0.6 is 0 Å². The molecule has 0 aliphatic rings. The van der Waals surface area contributed by atoms with Gasteiger partial charge < -0.3 is 10.6 Å². The third-order valence-electron chi connectivity index (χ3n) is 3.71. The van der Waals surface area contributed by atoms with Crippen molar-refractivity contribution in [2.24, 2.45) is 5.73 Å². The molecule has 0 aliphatic carbocycles. The first kappa shape index (κ1) is 14.9. The average molecular weight is 302 g/mol. The van der Waals surface area contributed by atoms with Gasteiger partial charge in [0.05, 0.1) is 0 Å². The first-order valence-electron chi connectivity index (χ1n) is 7.51. The van der Waals surface area contributed by atoms with Gasteiger partial charge in [-0.2, -0.15) is 0 Å². The van der Waals surface area contributed by atoms with Crippen molar-refractivity contribution < 1.29 is 4.79 Å². The molecule has 23 heavy (non-hydrogen) atoms. The van der Waals surface area contributed by atoms with Crippen LogP contribution in [0.3, 0.4) is 0 Å². The van der Waals surface area contributed by atoms with Crippen LogP contribution in [0.2, 0.25) is 0 Å². The highest BCUT2D eigenvalue weighted by atomic mass is 16.1. The molecule has 0 fully saturated rings. The largest absolute Gasteiger partial charge is 0.368 e. The maximum atomic E-state index is 12.3. The van der Waals surface area contributed by atoms with Gasteiger partial charge in [-0.05, 0) is 29.8 Å². The summed E-state index contributed by atoms with van der Waals surface area (Å²) in [5, 5.41) is 0. The summed E-state index contributed by atoms with van der Waals surface area (Å²) in [4.78, 5) is 14.2. The van der Waals surface area contributed by atoms with E-state index < -0.39 is 6.04 Å². The molecule has 0 saturated carbocycles. The number of anilines is 2. The number of nitrogens with two attached hydrogens (primary N) is 1. The van der Waals surface area contributed by atoms with Crippen LogP contribution in [0.15, 0.2) is 91.0 Å². The first-order chi connectivity index (χ1) is 11.3. The fraction of sp³-hybridized carbons (Fsp3) is 0.0500. The molecule has 0 bridgehead atoms. The predicted octanol–water partition coefficient (Wildman–Crippen LogP) is 4.05. The second kappa shape index (κ2) is 6.79. The van der Waals surface area contributed by atoms with Gasteiger partial charge in [-0.25, -0.2) is 0 Å². The topological polar surface area (TPSA) is 46.3 Å². The van der Waals surface area contributed by atoms with Crippen molar-refractivity contribution >= 4 is 17.3 Å². The number of para-hydroxylation sites is 2. The number of carbonyl (C=O) groups is 1. The minimum Gasteiger partial charge on any atom is -0.368 e. The minimum absolute atomic E-state index is 0.385. The van der Waals surface area contributed by atoms with Gasteiger partial charge in [0, 0.05) is 11.4 Å². The monoisotopic (exact) mass is 302 g/mol. The second-order valence-corrected chi connectivity index (χ2v) is 5.26. The highest BCUT2D eigenvalue weighted by Crippen LogP contribution is 2.34. The fourth-order valence-corrected chi connectivity index (χ4v) is 2.70. The number of nitrogens with zero attached hydrogens (tertiary/aromatic N) is 1. The molecule has 3 rings (SSSR count). The summed E-state index contributed by atoms with van der Waals surface area (Å²) < 4.78 is 0.